The van der Waals surface area contributed by atoms with Gasteiger partial charge in [-0.05, 0) is 48.6 Å². The maximum atomic E-state index is 13.4. The minimum absolute atomic E-state index is 0.0405. The smallest absolute Gasteiger partial charge is 0.309 e. The van der Waals surface area contributed by atoms with E-state index in [1.165, 1.54) is 0 Å². The number of fused-ring (bicyclic) bond motifs is 3. The molecule has 2 unspecified atom stereocenters. The molecule has 0 radical (unpaired) electrons. The first-order valence-electron chi connectivity index (χ1n) is 12.9. The van der Waals surface area contributed by atoms with Crippen LogP contribution in [0.3, 0.4) is 0 Å². The monoisotopic (exact) mass is 571 g/mol. The van der Waals surface area contributed by atoms with Crippen LogP contribution in [-0.2, 0) is 16.1 Å². The van der Waals surface area contributed by atoms with Crippen molar-refractivity contribution in [2.45, 2.75) is 46.6 Å². The molecule has 1 aliphatic heterocycles. The highest BCUT2D eigenvalue weighted by Crippen LogP contribution is 2.54. The van der Waals surface area contributed by atoms with Crippen LogP contribution >= 0.6 is 23.2 Å². The van der Waals surface area contributed by atoms with Crippen LogP contribution in [0.1, 0.15) is 61.6 Å². The summed E-state index contributed by atoms with van der Waals surface area (Å²) in [6, 6.07) is 8.93. The molecule has 1 fully saturated rings. The summed E-state index contributed by atoms with van der Waals surface area (Å²) in [5, 5.41) is 8.63. The summed E-state index contributed by atoms with van der Waals surface area (Å²) in [7, 11) is 1.59. The average Bonchev–Trinajstić information content (AvgIpc) is 3.58. The second kappa shape index (κ2) is 10.4. The number of benzene rings is 2. The summed E-state index contributed by atoms with van der Waals surface area (Å²) in [6.07, 6.45) is 0.672. The summed E-state index contributed by atoms with van der Waals surface area (Å²) in [6.45, 7) is 8.90. The van der Waals surface area contributed by atoms with E-state index in [1.807, 2.05) is 32.9 Å². The largest absolute Gasteiger partial charge is 0.496 e. The number of ether oxygens (including phenoxy) is 3. The second-order valence-corrected chi connectivity index (χ2v) is 11.9. The third kappa shape index (κ3) is 5.45. The Labute approximate surface area is 237 Å². The fourth-order valence-electron chi connectivity index (χ4n) is 4.87. The third-order valence-electron chi connectivity index (χ3n) is 6.81. The molecule has 0 saturated heterocycles. The average molecular weight is 572 g/mol. The number of amides is 1. The van der Waals surface area contributed by atoms with Crippen molar-refractivity contribution >= 4 is 35.1 Å². The van der Waals surface area contributed by atoms with Crippen LogP contribution in [0.4, 0.5) is 0 Å². The van der Waals surface area contributed by atoms with Crippen molar-refractivity contribution in [2.24, 2.45) is 11.3 Å². The van der Waals surface area contributed by atoms with E-state index in [4.69, 9.17) is 42.5 Å². The van der Waals surface area contributed by atoms with Crippen molar-refractivity contribution < 1.29 is 23.8 Å². The number of carbonyl (C=O) groups is 2. The van der Waals surface area contributed by atoms with Crippen molar-refractivity contribution in [2.75, 3.05) is 20.3 Å². The summed E-state index contributed by atoms with van der Waals surface area (Å²) >= 11 is 12.7. The first-order chi connectivity index (χ1) is 18.5. The van der Waals surface area contributed by atoms with Gasteiger partial charge in [-0.15, -0.1) is 0 Å². The molecule has 1 amide bonds. The van der Waals surface area contributed by atoms with Gasteiger partial charge in [-0.2, -0.15) is 5.10 Å². The van der Waals surface area contributed by atoms with Gasteiger partial charge in [-0.3, -0.25) is 9.59 Å². The van der Waals surface area contributed by atoms with E-state index < -0.39 is 0 Å². The van der Waals surface area contributed by atoms with Gasteiger partial charge in [0.2, 0.25) is 0 Å². The number of nitrogens with one attached hydrogen (secondary N) is 1. The normalized spacial score (nSPS) is 17.5. The quantitative estimate of drug-likeness (QED) is 0.340. The molecule has 39 heavy (non-hydrogen) atoms. The topological polar surface area (TPSA) is 91.7 Å². The number of methoxy groups -OCH3 is 1. The van der Waals surface area contributed by atoms with Crippen LogP contribution < -0.4 is 14.8 Å². The molecule has 0 spiro atoms. The van der Waals surface area contributed by atoms with Crippen molar-refractivity contribution in [3.8, 4) is 28.4 Å². The molecule has 1 aromatic heterocycles. The van der Waals surface area contributed by atoms with E-state index >= 15 is 0 Å². The molecule has 0 bridgehead atoms. The predicted octanol–water partition coefficient (Wildman–Crippen LogP) is 6.19. The molecule has 5 rings (SSSR count). The van der Waals surface area contributed by atoms with Crippen molar-refractivity contribution in [3.63, 3.8) is 0 Å². The minimum atomic E-state index is -0.293. The number of aromatic nitrogens is 2. The lowest BCUT2D eigenvalue weighted by Gasteiger charge is -2.22. The predicted molar refractivity (Wildman–Crippen MR) is 149 cm³/mol. The SMILES string of the molecule is CCOC(=O)C1CC1c1cc2c(cc1OC)OCc1c(C(=O)NCC(C)(C)C)nn(-c3cc(Cl)cc(Cl)c3)c1-2. The number of rotatable bonds is 7. The molecule has 1 saturated carbocycles. The molecule has 2 aliphatic rings. The van der Waals surface area contributed by atoms with Crippen LogP contribution in [0.15, 0.2) is 30.3 Å². The van der Waals surface area contributed by atoms with Crippen LogP contribution in [0, 0.1) is 11.3 Å². The Morgan fingerprint density at radius 2 is 1.87 bits per heavy atom. The Hall–Kier alpha value is -3.23. The van der Waals surface area contributed by atoms with Gasteiger partial charge in [0, 0.05) is 39.7 Å². The first-order valence-corrected chi connectivity index (χ1v) is 13.6. The molecule has 3 aromatic rings. The molecule has 2 aromatic carbocycles. The van der Waals surface area contributed by atoms with Crippen LogP contribution in [0.5, 0.6) is 11.5 Å². The van der Waals surface area contributed by atoms with Gasteiger partial charge >= 0.3 is 5.97 Å². The van der Waals surface area contributed by atoms with E-state index in [-0.39, 0.29) is 41.4 Å². The number of halogens is 2. The van der Waals surface area contributed by atoms with E-state index in [9.17, 15) is 9.59 Å². The molecule has 2 atom stereocenters. The zero-order valence-corrected chi connectivity index (χ0v) is 24.1. The standard InChI is InChI=1S/C29H31Cl2N3O5/c1-6-38-28(36)20-10-18(20)19-11-21-24(12-23(19)37-5)39-13-22-25(27(35)32-14-29(2,3)4)33-34(26(21)22)17-8-15(30)7-16(31)9-17/h7-9,11-12,18,20H,6,10,13-14H2,1-5H3,(H,32,35). The van der Waals surface area contributed by atoms with E-state index in [1.54, 1.807) is 36.9 Å². The molecule has 10 heteroatoms. The lowest BCUT2D eigenvalue weighted by molar-refractivity contribution is -0.144. The number of hydrogen-bond donors (Lipinski definition) is 1. The molecular weight excluding hydrogens is 541 g/mol. The van der Waals surface area contributed by atoms with Gasteiger partial charge in [0.15, 0.2) is 5.69 Å². The Morgan fingerprint density at radius 3 is 2.51 bits per heavy atom. The van der Waals surface area contributed by atoms with E-state index in [0.29, 0.717) is 58.1 Å². The van der Waals surface area contributed by atoms with Crippen molar-refractivity contribution in [1.29, 1.82) is 0 Å². The first kappa shape index (κ1) is 27.3. The van der Waals surface area contributed by atoms with E-state index in [0.717, 1.165) is 11.1 Å². The fraction of sp³-hybridized carbons (Fsp3) is 0.414. The van der Waals surface area contributed by atoms with Crippen molar-refractivity contribution in [3.05, 3.63) is 57.2 Å². The zero-order valence-electron chi connectivity index (χ0n) is 22.6. The van der Waals surface area contributed by atoms with Gasteiger partial charge < -0.3 is 19.5 Å². The van der Waals surface area contributed by atoms with Crippen molar-refractivity contribution in [1.82, 2.24) is 15.1 Å². The molecule has 8 nitrogen and oxygen atoms in total. The van der Waals surface area contributed by atoms with Gasteiger partial charge in [-0.25, -0.2) is 4.68 Å². The summed E-state index contributed by atoms with van der Waals surface area (Å²) < 4.78 is 18.8. The van der Waals surface area contributed by atoms with E-state index in [2.05, 4.69) is 5.32 Å². The molecule has 1 aliphatic carbocycles. The summed E-state index contributed by atoms with van der Waals surface area (Å²) in [5.74, 6) is 0.452. The Morgan fingerprint density at radius 1 is 1.15 bits per heavy atom. The van der Waals surface area contributed by atoms with Gasteiger partial charge in [0.25, 0.3) is 5.91 Å². The minimum Gasteiger partial charge on any atom is -0.496 e. The maximum absolute atomic E-state index is 13.4. The maximum Gasteiger partial charge on any atom is 0.309 e. The third-order valence-corrected chi connectivity index (χ3v) is 7.24. The highest BCUT2D eigenvalue weighted by Gasteiger charge is 2.47. The van der Waals surface area contributed by atoms with Crippen LogP contribution in [0.25, 0.3) is 16.9 Å². The molecule has 1 N–H and O–H groups in total. The summed E-state index contributed by atoms with van der Waals surface area (Å²) in [5.41, 5.74) is 3.74. The molecular formula is C29H31Cl2N3O5. The highest BCUT2D eigenvalue weighted by molar-refractivity contribution is 6.34. The lowest BCUT2D eigenvalue weighted by Crippen LogP contribution is -2.33. The lowest BCUT2D eigenvalue weighted by atomic mass is 9.96. The number of esters is 1. The Kier molecular flexibility index (Phi) is 7.29. The van der Waals surface area contributed by atoms with Gasteiger partial charge in [0.05, 0.1) is 31.0 Å². The highest BCUT2D eigenvalue weighted by atomic mass is 35.5. The number of carbonyl (C=O) groups excluding carboxylic acids is 2. The van der Waals surface area contributed by atoms with Crippen LogP contribution in [-0.4, -0.2) is 41.9 Å². The second-order valence-electron chi connectivity index (χ2n) is 11.0. The fourth-order valence-corrected chi connectivity index (χ4v) is 5.39. The molecule has 2 heterocycles. The zero-order chi connectivity index (χ0) is 28.1. The van der Waals surface area contributed by atoms with Gasteiger partial charge in [-0.1, -0.05) is 44.0 Å². The Bertz CT molecular complexity index is 1440. The molecule has 206 valence electrons. The summed E-state index contributed by atoms with van der Waals surface area (Å²) in [4.78, 5) is 25.8. The Balaban J connectivity index is 1.65. The number of nitrogens with zero attached hydrogens (tertiary/aromatic N) is 2. The van der Waals surface area contributed by atoms with Crippen LogP contribution in [0.2, 0.25) is 10.0 Å². The number of hydrogen-bond acceptors (Lipinski definition) is 6. The van der Waals surface area contributed by atoms with Gasteiger partial charge in [0.1, 0.15) is 18.1 Å².